The quantitative estimate of drug-likeness (QED) is 0.696. The average molecular weight is 398 g/mol. The summed E-state index contributed by atoms with van der Waals surface area (Å²) in [6.07, 6.45) is 3.03. The van der Waals surface area contributed by atoms with Crippen LogP contribution in [-0.4, -0.2) is 66.2 Å². The molecule has 1 amide bonds. The molecule has 2 saturated heterocycles. The van der Waals surface area contributed by atoms with Gasteiger partial charge in [-0.2, -0.15) is 0 Å². The number of carbonyl (C=O) groups is 1. The number of fused-ring (bicyclic) bond motifs is 2. The zero-order valence-electron chi connectivity index (χ0n) is 16.7. The lowest BCUT2D eigenvalue weighted by atomic mass is 9.55. The first-order valence-corrected chi connectivity index (χ1v) is 10.4. The van der Waals surface area contributed by atoms with Crippen LogP contribution < -0.4 is 9.64 Å². The van der Waals surface area contributed by atoms with Gasteiger partial charge in [0.1, 0.15) is 0 Å². The smallest absolute Gasteiger partial charge is 0.224 e. The van der Waals surface area contributed by atoms with Crippen molar-refractivity contribution in [2.75, 3.05) is 31.7 Å². The van der Waals surface area contributed by atoms with E-state index >= 15 is 0 Å². The summed E-state index contributed by atoms with van der Waals surface area (Å²) in [5.41, 5.74) is 2.56. The fourth-order valence-electron chi connectivity index (χ4n) is 7.23. The number of amides is 1. The number of aliphatic hydroxyl groups excluding tert-OH is 1. The van der Waals surface area contributed by atoms with Gasteiger partial charge in [-0.15, -0.1) is 0 Å². The highest BCUT2D eigenvalue weighted by Crippen LogP contribution is 2.66. The molecule has 1 aromatic carbocycles. The number of methoxy groups -OCH3 is 1. The Kier molecular flexibility index (Phi) is 3.51. The van der Waals surface area contributed by atoms with Gasteiger partial charge in [-0.3, -0.25) is 9.69 Å². The Bertz CT molecular complexity index is 945. The summed E-state index contributed by atoms with van der Waals surface area (Å²) in [5.74, 6) is 0.210. The zero-order valence-corrected chi connectivity index (χ0v) is 16.7. The fraction of sp³-hybridized carbons (Fsp3) is 0.591. The highest BCUT2D eigenvalue weighted by Gasteiger charge is 2.69. The van der Waals surface area contributed by atoms with Crippen LogP contribution >= 0.6 is 0 Å². The number of aliphatic hydroxyl groups is 1. The molecule has 1 saturated carbocycles. The van der Waals surface area contributed by atoms with Crippen molar-refractivity contribution in [3.63, 3.8) is 0 Å². The highest BCUT2D eigenvalue weighted by atomic mass is 16.6. The van der Waals surface area contributed by atoms with Crippen LogP contribution in [0.15, 0.2) is 23.8 Å². The third kappa shape index (κ3) is 1.96. The van der Waals surface area contributed by atoms with E-state index in [-0.39, 0.29) is 41.0 Å². The first-order valence-electron chi connectivity index (χ1n) is 10.4. The zero-order chi connectivity index (χ0) is 20.1. The maximum Gasteiger partial charge on any atom is 0.224 e. The van der Waals surface area contributed by atoms with E-state index in [1.807, 2.05) is 6.07 Å². The molecule has 0 unspecified atom stereocenters. The van der Waals surface area contributed by atoms with Crippen molar-refractivity contribution in [1.29, 1.82) is 0 Å². The number of nitrogens with zero attached hydrogens (tertiary/aromatic N) is 2. The summed E-state index contributed by atoms with van der Waals surface area (Å²) in [5, 5.41) is 22.1. The van der Waals surface area contributed by atoms with E-state index in [9.17, 15) is 15.0 Å². The number of aromatic hydroxyl groups is 1. The van der Waals surface area contributed by atoms with Crippen molar-refractivity contribution < 1.29 is 24.5 Å². The van der Waals surface area contributed by atoms with E-state index in [1.54, 1.807) is 17.9 Å². The Hall–Kier alpha value is -2.09. The molecule has 154 valence electrons. The van der Waals surface area contributed by atoms with Crippen molar-refractivity contribution in [2.24, 2.45) is 11.8 Å². The third-order valence-corrected chi connectivity index (χ3v) is 8.18. The van der Waals surface area contributed by atoms with E-state index in [2.05, 4.69) is 11.0 Å². The number of carbonyl (C=O) groups excluding carboxylic acids is 1. The van der Waals surface area contributed by atoms with Crippen LogP contribution in [0.25, 0.3) is 0 Å². The Balaban J connectivity index is 1.65. The van der Waals surface area contributed by atoms with Crippen molar-refractivity contribution >= 4 is 11.6 Å². The minimum atomic E-state index is -0.941. The second-order valence-electron chi connectivity index (χ2n) is 9.05. The van der Waals surface area contributed by atoms with Crippen LogP contribution in [0.1, 0.15) is 25.3 Å². The molecule has 7 heteroatoms. The number of ether oxygens (including phenoxy) is 2. The van der Waals surface area contributed by atoms with Gasteiger partial charge in [0.15, 0.2) is 17.8 Å². The molecular formula is C22H26N2O5. The van der Waals surface area contributed by atoms with E-state index in [0.29, 0.717) is 18.0 Å². The summed E-state index contributed by atoms with van der Waals surface area (Å²) in [7, 11) is 1.52. The van der Waals surface area contributed by atoms with Crippen LogP contribution in [0.3, 0.4) is 0 Å². The molecule has 4 heterocycles. The largest absolute Gasteiger partial charge is 0.503 e. The Morgan fingerprint density at radius 2 is 2.21 bits per heavy atom. The van der Waals surface area contributed by atoms with E-state index in [1.165, 1.54) is 12.7 Å². The number of anilines is 1. The minimum absolute atomic E-state index is 0.0109. The monoisotopic (exact) mass is 398 g/mol. The predicted octanol–water partition coefficient (Wildman–Crippen LogP) is 1.37. The number of hydrogen-bond donors (Lipinski definition) is 2. The second-order valence-corrected chi connectivity index (χ2v) is 9.05. The van der Waals surface area contributed by atoms with Gasteiger partial charge < -0.3 is 24.6 Å². The van der Waals surface area contributed by atoms with Gasteiger partial charge in [-0.25, -0.2) is 0 Å². The van der Waals surface area contributed by atoms with Crippen molar-refractivity contribution in [1.82, 2.24) is 4.90 Å². The van der Waals surface area contributed by atoms with Gasteiger partial charge in [0.25, 0.3) is 0 Å². The SMILES string of the molecule is COc1ccc2c(c1O)N(C(C)=O)[C@@H]1[C@H]3[C@@H](O)OCC=C4CN5CC[C@]21[C@@H]5C[C@@H]43. The predicted molar refractivity (Wildman–Crippen MR) is 105 cm³/mol. The van der Waals surface area contributed by atoms with E-state index in [4.69, 9.17) is 9.47 Å². The summed E-state index contributed by atoms with van der Waals surface area (Å²) in [6.45, 7) is 3.79. The molecule has 4 aliphatic heterocycles. The molecule has 1 aliphatic carbocycles. The number of phenols is 1. The molecule has 2 bridgehead atoms. The molecule has 5 aliphatic rings. The first-order chi connectivity index (χ1) is 14.0. The summed E-state index contributed by atoms with van der Waals surface area (Å²) >= 11 is 0. The van der Waals surface area contributed by atoms with Gasteiger partial charge >= 0.3 is 0 Å². The lowest BCUT2D eigenvalue weighted by Gasteiger charge is -2.56. The molecule has 1 aromatic rings. The normalized spacial score (nSPS) is 39.5. The molecule has 0 aromatic heterocycles. The number of rotatable bonds is 1. The second kappa shape index (κ2) is 5.74. The molecule has 6 rings (SSSR count). The van der Waals surface area contributed by atoms with Crippen LogP contribution in [0.4, 0.5) is 5.69 Å². The van der Waals surface area contributed by atoms with Crippen molar-refractivity contribution in [3.05, 3.63) is 29.3 Å². The minimum Gasteiger partial charge on any atom is -0.503 e. The summed E-state index contributed by atoms with van der Waals surface area (Å²) in [4.78, 5) is 17.2. The van der Waals surface area contributed by atoms with Gasteiger partial charge in [0.05, 0.1) is 25.4 Å². The van der Waals surface area contributed by atoms with Crippen LogP contribution in [-0.2, 0) is 14.9 Å². The molecular weight excluding hydrogens is 372 g/mol. The molecule has 7 nitrogen and oxygen atoms in total. The fourth-order valence-corrected chi connectivity index (χ4v) is 7.23. The molecule has 0 radical (unpaired) electrons. The first kappa shape index (κ1) is 17.7. The third-order valence-electron chi connectivity index (χ3n) is 8.18. The summed E-state index contributed by atoms with van der Waals surface area (Å²) < 4.78 is 11.1. The topological polar surface area (TPSA) is 82.5 Å². The molecule has 1 spiro atoms. The van der Waals surface area contributed by atoms with E-state index < -0.39 is 6.29 Å². The maximum atomic E-state index is 13.0. The maximum absolute atomic E-state index is 13.0. The van der Waals surface area contributed by atoms with Crippen LogP contribution in [0.2, 0.25) is 0 Å². The standard InChI is InChI=1S/C22H26N2O5/c1-11(25)24-18-14(3-4-15(28-2)19(18)26)22-6-7-23-10-12-5-8-29-21(27)17(20(22)24)13(12)9-16(22)23/h3-5,13,16-17,20-21,26-27H,6-10H2,1-2H3/t13-,16-,17-,20+,21-,22+/m0/s1. The number of piperidine rings is 1. The average Bonchev–Trinajstić information content (AvgIpc) is 3.17. The number of benzene rings is 1. The lowest BCUT2D eigenvalue weighted by Crippen LogP contribution is -2.66. The molecule has 2 N–H and O–H groups in total. The van der Waals surface area contributed by atoms with Crippen LogP contribution in [0, 0.1) is 11.8 Å². The van der Waals surface area contributed by atoms with E-state index in [0.717, 1.165) is 31.5 Å². The Morgan fingerprint density at radius 3 is 2.97 bits per heavy atom. The van der Waals surface area contributed by atoms with Gasteiger partial charge in [0.2, 0.25) is 5.91 Å². The lowest BCUT2D eigenvalue weighted by molar-refractivity contribution is -0.156. The van der Waals surface area contributed by atoms with Gasteiger partial charge in [-0.05, 0) is 36.9 Å². The highest BCUT2D eigenvalue weighted by molar-refractivity contribution is 5.99. The Morgan fingerprint density at radius 1 is 1.38 bits per heavy atom. The number of phenolic OH excluding ortho intramolecular Hbond substituents is 1. The number of hydrogen-bond acceptors (Lipinski definition) is 6. The van der Waals surface area contributed by atoms with Gasteiger partial charge in [-0.1, -0.05) is 17.7 Å². The summed E-state index contributed by atoms with van der Waals surface area (Å²) in [6, 6.07) is 3.85. The van der Waals surface area contributed by atoms with Crippen molar-refractivity contribution in [3.8, 4) is 11.5 Å². The van der Waals surface area contributed by atoms with Crippen LogP contribution in [0.5, 0.6) is 11.5 Å². The Labute approximate surface area is 169 Å². The molecule has 6 atom stereocenters. The molecule has 3 fully saturated rings. The van der Waals surface area contributed by atoms with Crippen molar-refractivity contribution in [2.45, 2.75) is 43.6 Å². The van der Waals surface area contributed by atoms with Gasteiger partial charge in [0, 0.05) is 30.8 Å². The molecule has 29 heavy (non-hydrogen) atoms.